The molecule has 1 saturated heterocycles. The van der Waals surface area contributed by atoms with Crippen molar-refractivity contribution < 1.29 is 33.0 Å². The van der Waals surface area contributed by atoms with Crippen molar-refractivity contribution >= 4 is 12.0 Å². The summed E-state index contributed by atoms with van der Waals surface area (Å²) in [4.78, 5) is 30.1. The van der Waals surface area contributed by atoms with Crippen molar-refractivity contribution in [3.05, 3.63) is 53.6 Å². The average Bonchev–Trinajstić information content (AvgIpc) is 3.44. The predicted octanol–water partition coefficient (Wildman–Crippen LogP) is 3.96. The predicted molar refractivity (Wildman–Crippen MR) is 103 cm³/mol. The van der Waals surface area contributed by atoms with Crippen LogP contribution in [0.3, 0.4) is 0 Å². The monoisotopic (exact) mass is 412 g/mol. The van der Waals surface area contributed by atoms with Crippen LogP contribution in [0.4, 0.5) is 4.79 Å². The summed E-state index contributed by atoms with van der Waals surface area (Å²) in [7, 11) is 0. The molecule has 2 aromatic heterocycles. The van der Waals surface area contributed by atoms with E-state index in [0.29, 0.717) is 29.5 Å². The Kier molecular flexibility index (Phi) is 5.18. The summed E-state index contributed by atoms with van der Waals surface area (Å²) in [5, 5.41) is 10.3. The number of benzene rings is 1. The normalized spacial score (nSPS) is 16.2. The number of rotatable bonds is 7. The van der Waals surface area contributed by atoms with Crippen LogP contribution < -0.4 is 4.74 Å². The van der Waals surface area contributed by atoms with Crippen LogP contribution in [-0.2, 0) is 16.1 Å². The van der Waals surface area contributed by atoms with E-state index in [-0.39, 0.29) is 30.2 Å². The summed E-state index contributed by atoms with van der Waals surface area (Å²) in [5.41, 5.74) is 0.761. The van der Waals surface area contributed by atoms with Crippen LogP contribution in [0.25, 0.3) is 11.7 Å². The molecule has 2 amide bonds. The number of phenolic OH excluding ortho intramolecular Hbond substituents is 1. The molecular weight excluding hydrogens is 392 g/mol. The topological polar surface area (TPSA) is 115 Å². The minimum absolute atomic E-state index is 0.0336. The van der Waals surface area contributed by atoms with Gasteiger partial charge in [0.05, 0.1) is 6.26 Å². The van der Waals surface area contributed by atoms with E-state index >= 15 is 0 Å². The molecular formula is C21H20N2O7. The zero-order chi connectivity index (χ0) is 21.3. The van der Waals surface area contributed by atoms with Crippen LogP contribution in [0.2, 0.25) is 0 Å². The molecule has 9 nitrogen and oxygen atoms in total. The van der Waals surface area contributed by atoms with E-state index in [4.69, 9.17) is 18.3 Å². The van der Waals surface area contributed by atoms with E-state index in [9.17, 15) is 14.7 Å². The van der Waals surface area contributed by atoms with Crippen molar-refractivity contribution in [2.75, 3.05) is 6.54 Å². The summed E-state index contributed by atoms with van der Waals surface area (Å²) >= 11 is 0. The van der Waals surface area contributed by atoms with Gasteiger partial charge in [0.15, 0.2) is 17.3 Å². The number of oxazole rings is 1. The van der Waals surface area contributed by atoms with E-state index in [0.717, 1.165) is 4.90 Å². The van der Waals surface area contributed by atoms with Gasteiger partial charge in [-0.15, -0.1) is 0 Å². The number of carbonyl (C=O) groups is 2. The Morgan fingerprint density at radius 1 is 1.23 bits per heavy atom. The van der Waals surface area contributed by atoms with Crippen LogP contribution >= 0.6 is 0 Å². The maximum absolute atomic E-state index is 12.6. The van der Waals surface area contributed by atoms with Crippen LogP contribution in [-0.4, -0.2) is 33.5 Å². The van der Waals surface area contributed by atoms with Gasteiger partial charge in [-0.25, -0.2) is 14.7 Å². The lowest BCUT2D eigenvalue weighted by Gasteiger charge is -2.15. The van der Waals surface area contributed by atoms with Gasteiger partial charge in [0, 0.05) is 12.1 Å². The van der Waals surface area contributed by atoms with Crippen LogP contribution in [0.15, 0.2) is 45.4 Å². The van der Waals surface area contributed by atoms with Crippen molar-refractivity contribution in [1.29, 1.82) is 0 Å². The van der Waals surface area contributed by atoms with E-state index in [2.05, 4.69) is 4.98 Å². The zero-order valence-electron chi connectivity index (χ0n) is 16.5. The Morgan fingerprint density at radius 2 is 2.07 bits per heavy atom. The first-order valence-corrected chi connectivity index (χ1v) is 9.46. The largest absolute Gasteiger partial charge is 0.504 e. The number of hydrogen-bond acceptors (Lipinski definition) is 8. The lowest BCUT2D eigenvalue weighted by molar-refractivity contribution is -0.130. The number of carbonyl (C=O) groups excluding carboxylic acids is 2. The molecule has 1 aliphatic rings. The first kappa shape index (κ1) is 19.6. The Labute approximate surface area is 171 Å². The molecule has 1 atom stereocenters. The first-order chi connectivity index (χ1) is 14.5. The van der Waals surface area contributed by atoms with Crippen molar-refractivity contribution in [2.24, 2.45) is 0 Å². The van der Waals surface area contributed by atoms with Crippen molar-refractivity contribution in [2.45, 2.75) is 33.0 Å². The lowest BCUT2D eigenvalue weighted by Crippen LogP contribution is -2.30. The second-order valence-corrected chi connectivity index (χ2v) is 6.74. The fraction of sp³-hybridized carbons (Fsp3) is 0.286. The molecule has 156 valence electrons. The smallest absolute Gasteiger partial charge is 0.417 e. The molecule has 4 rings (SSSR count). The number of ether oxygens (including phenoxy) is 2. The molecule has 1 aliphatic heterocycles. The number of amides is 2. The minimum atomic E-state index is -1.18. The van der Waals surface area contributed by atoms with Crippen LogP contribution in [0.5, 0.6) is 11.5 Å². The number of aromatic nitrogens is 1. The molecule has 0 bridgehead atoms. The van der Waals surface area contributed by atoms with Gasteiger partial charge in [0.25, 0.3) is 11.8 Å². The summed E-state index contributed by atoms with van der Waals surface area (Å²) in [5.74, 6) is 0.684. The Hall–Kier alpha value is -3.75. The highest BCUT2D eigenvalue weighted by atomic mass is 16.6. The fourth-order valence-corrected chi connectivity index (χ4v) is 3.18. The number of hydrogen-bond donors (Lipinski definition) is 1. The Morgan fingerprint density at radius 3 is 2.80 bits per heavy atom. The third-order valence-electron chi connectivity index (χ3n) is 4.66. The molecule has 3 aromatic rings. The number of imide groups is 1. The van der Waals surface area contributed by atoms with Gasteiger partial charge in [0.1, 0.15) is 18.1 Å². The number of furan rings is 1. The molecule has 30 heavy (non-hydrogen) atoms. The molecule has 9 heteroatoms. The maximum atomic E-state index is 12.6. The van der Waals surface area contributed by atoms with E-state index in [1.165, 1.54) is 12.3 Å². The van der Waals surface area contributed by atoms with Gasteiger partial charge in [0.2, 0.25) is 6.10 Å². The highest BCUT2D eigenvalue weighted by molar-refractivity contribution is 6.01. The van der Waals surface area contributed by atoms with Gasteiger partial charge in [-0.05, 0) is 31.5 Å². The Bertz CT molecular complexity index is 1070. The van der Waals surface area contributed by atoms with Crippen molar-refractivity contribution in [3.8, 4) is 23.1 Å². The summed E-state index contributed by atoms with van der Waals surface area (Å²) in [6, 6.07) is 8.00. The number of para-hydroxylation sites is 1. The summed E-state index contributed by atoms with van der Waals surface area (Å²) in [6.07, 6.45) is 0.237. The molecule has 0 saturated carbocycles. The third kappa shape index (κ3) is 3.49. The standard InChI is InChI=1S/C21H20N2O7/c1-3-9-23-20(25)18(30-21(23)26)13-6-4-7-15(24)17(13)28-11-14-12(2)29-19(22-14)16-8-5-10-27-16/h4-8,10,18,24H,3,9,11H2,1-2H3. The second kappa shape index (κ2) is 7.94. The summed E-state index contributed by atoms with van der Waals surface area (Å²) < 4.78 is 21.9. The average molecular weight is 412 g/mol. The second-order valence-electron chi connectivity index (χ2n) is 6.74. The zero-order valence-corrected chi connectivity index (χ0v) is 16.5. The molecule has 0 aliphatic carbocycles. The Balaban J connectivity index is 1.58. The lowest BCUT2D eigenvalue weighted by atomic mass is 10.1. The van der Waals surface area contributed by atoms with Gasteiger partial charge < -0.3 is 23.4 Å². The molecule has 0 radical (unpaired) electrons. The number of phenols is 1. The number of nitrogens with zero attached hydrogens (tertiary/aromatic N) is 2. The van der Waals surface area contributed by atoms with E-state index < -0.39 is 18.1 Å². The molecule has 1 aromatic carbocycles. The molecule has 3 heterocycles. The molecule has 1 N–H and O–H groups in total. The SMILES string of the molecule is CCCN1C(=O)OC(c2cccc(O)c2OCc2nc(-c3ccco3)oc2C)C1=O. The summed E-state index contributed by atoms with van der Waals surface area (Å²) in [6.45, 7) is 3.81. The van der Waals surface area contributed by atoms with Crippen LogP contribution in [0, 0.1) is 6.92 Å². The fourth-order valence-electron chi connectivity index (χ4n) is 3.18. The van der Waals surface area contributed by atoms with Crippen molar-refractivity contribution in [1.82, 2.24) is 9.88 Å². The van der Waals surface area contributed by atoms with Gasteiger partial charge in [-0.3, -0.25) is 4.79 Å². The van der Waals surface area contributed by atoms with Crippen molar-refractivity contribution in [3.63, 3.8) is 0 Å². The molecule has 1 fully saturated rings. The maximum Gasteiger partial charge on any atom is 0.417 e. The third-order valence-corrected chi connectivity index (χ3v) is 4.66. The number of cyclic esters (lactones) is 1. The van der Waals surface area contributed by atoms with Crippen LogP contribution in [0.1, 0.15) is 36.5 Å². The van der Waals surface area contributed by atoms with E-state index in [1.807, 2.05) is 6.92 Å². The first-order valence-electron chi connectivity index (χ1n) is 9.46. The number of aryl methyl sites for hydroxylation is 1. The highest BCUT2D eigenvalue weighted by Crippen LogP contribution is 2.39. The van der Waals surface area contributed by atoms with Gasteiger partial charge in [-0.1, -0.05) is 19.1 Å². The highest BCUT2D eigenvalue weighted by Gasteiger charge is 2.42. The van der Waals surface area contributed by atoms with Gasteiger partial charge in [-0.2, -0.15) is 0 Å². The molecule has 1 unspecified atom stereocenters. The van der Waals surface area contributed by atoms with E-state index in [1.54, 1.807) is 31.2 Å². The van der Waals surface area contributed by atoms with Gasteiger partial charge >= 0.3 is 6.09 Å². The number of aromatic hydroxyl groups is 1. The quantitative estimate of drug-likeness (QED) is 0.620. The minimum Gasteiger partial charge on any atom is -0.504 e. The molecule has 0 spiro atoms.